The summed E-state index contributed by atoms with van der Waals surface area (Å²) in [5.74, 6) is -0.0686. The van der Waals surface area contributed by atoms with Crippen LogP contribution >= 0.6 is 39.5 Å². The molecule has 4 rings (SSSR count). The topological polar surface area (TPSA) is 57.3 Å². The average Bonchev–Trinajstić information content (AvgIpc) is 3.32. The Morgan fingerprint density at radius 2 is 2.06 bits per heavy atom. The molecular formula is C23H23BrN4OS2. The van der Waals surface area contributed by atoms with Gasteiger partial charge in [0.05, 0.1) is 21.6 Å². The number of carbonyl (C=O) groups is 1. The number of nitrogens with zero attached hydrogens (tertiary/aromatic N) is 2. The van der Waals surface area contributed by atoms with Crippen molar-refractivity contribution >= 4 is 61.9 Å². The summed E-state index contributed by atoms with van der Waals surface area (Å²) in [4.78, 5) is 20.0. The number of aromatic nitrogens is 1. The highest BCUT2D eigenvalue weighted by molar-refractivity contribution is 9.11. The molecule has 3 aromatic rings. The molecule has 2 atom stereocenters. The molecule has 0 saturated carbocycles. The summed E-state index contributed by atoms with van der Waals surface area (Å²) in [5.41, 5.74) is 3.73. The maximum Gasteiger partial charge on any atom is 0.226 e. The van der Waals surface area contributed by atoms with Crippen LogP contribution in [0.1, 0.15) is 42.1 Å². The molecule has 0 spiro atoms. The maximum absolute atomic E-state index is 12.1. The van der Waals surface area contributed by atoms with Gasteiger partial charge in [0.1, 0.15) is 0 Å². The van der Waals surface area contributed by atoms with Crippen LogP contribution in [0, 0.1) is 12.8 Å². The molecule has 31 heavy (non-hydrogen) atoms. The molecule has 3 heterocycles. The molecule has 1 saturated heterocycles. The summed E-state index contributed by atoms with van der Waals surface area (Å²) in [6, 6.07) is 16.0. The molecule has 0 unspecified atom stereocenters. The summed E-state index contributed by atoms with van der Waals surface area (Å²) >= 11 is 11.1. The predicted octanol–water partition coefficient (Wildman–Crippen LogP) is 5.99. The minimum Gasteiger partial charge on any atom is -0.351 e. The first-order chi connectivity index (χ1) is 14.8. The largest absolute Gasteiger partial charge is 0.351 e. The Kier molecular flexibility index (Phi) is 6.41. The highest BCUT2D eigenvalue weighted by Gasteiger charge is 2.41. The van der Waals surface area contributed by atoms with E-state index in [0.29, 0.717) is 5.11 Å². The Morgan fingerprint density at radius 1 is 1.26 bits per heavy atom. The molecule has 5 nitrogen and oxygen atoms in total. The van der Waals surface area contributed by atoms with Crippen molar-refractivity contribution in [3.63, 3.8) is 0 Å². The number of hydrogen-bond acceptors (Lipinski definition) is 4. The summed E-state index contributed by atoms with van der Waals surface area (Å²) < 4.78 is 1.07. The third-order valence-corrected chi connectivity index (χ3v) is 7.26. The smallest absolute Gasteiger partial charge is 0.226 e. The summed E-state index contributed by atoms with van der Waals surface area (Å²) in [6.07, 6.45) is 1.81. The molecule has 1 aliphatic rings. The fourth-order valence-electron chi connectivity index (χ4n) is 3.62. The van der Waals surface area contributed by atoms with Gasteiger partial charge in [-0.2, -0.15) is 0 Å². The number of amides is 1. The second-order valence-corrected chi connectivity index (χ2v) is 10.7. The minimum absolute atomic E-state index is 0.00531. The number of thiophene rings is 1. The van der Waals surface area contributed by atoms with Gasteiger partial charge < -0.3 is 15.5 Å². The normalized spacial score (nSPS) is 18.4. The number of halogens is 1. The van der Waals surface area contributed by atoms with Crippen LogP contribution in [-0.2, 0) is 4.79 Å². The number of carbonyl (C=O) groups excluding carboxylic acids is 1. The van der Waals surface area contributed by atoms with Gasteiger partial charge in [-0.05, 0) is 83.1 Å². The van der Waals surface area contributed by atoms with Crippen molar-refractivity contribution in [1.82, 2.24) is 10.3 Å². The van der Waals surface area contributed by atoms with E-state index >= 15 is 0 Å². The molecule has 2 aromatic heterocycles. The van der Waals surface area contributed by atoms with Gasteiger partial charge in [0, 0.05) is 28.4 Å². The zero-order valence-corrected chi connectivity index (χ0v) is 20.6. The van der Waals surface area contributed by atoms with Gasteiger partial charge in [-0.15, -0.1) is 11.3 Å². The van der Waals surface area contributed by atoms with Crippen molar-refractivity contribution < 1.29 is 4.79 Å². The van der Waals surface area contributed by atoms with Crippen LogP contribution in [0.25, 0.3) is 0 Å². The van der Waals surface area contributed by atoms with Crippen LogP contribution in [0.4, 0.5) is 11.4 Å². The summed E-state index contributed by atoms with van der Waals surface area (Å²) in [6.45, 7) is 5.77. The lowest BCUT2D eigenvalue weighted by molar-refractivity contribution is -0.118. The van der Waals surface area contributed by atoms with Gasteiger partial charge in [0.2, 0.25) is 5.91 Å². The zero-order chi connectivity index (χ0) is 22.1. The van der Waals surface area contributed by atoms with E-state index in [9.17, 15) is 4.79 Å². The van der Waals surface area contributed by atoms with E-state index in [0.717, 1.165) is 26.4 Å². The van der Waals surface area contributed by atoms with E-state index in [4.69, 9.17) is 12.2 Å². The van der Waals surface area contributed by atoms with Crippen LogP contribution in [0.3, 0.4) is 0 Å². The quantitative estimate of drug-likeness (QED) is 0.409. The Labute approximate surface area is 200 Å². The van der Waals surface area contributed by atoms with Crippen LogP contribution < -0.4 is 15.5 Å². The molecule has 1 aromatic carbocycles. The lowest BCUT2D eigenvalue weighted by Crippen LogP contribution is -2.29. The van der Waals surface area contributed by atoms with Gasteiger partial charge in [0.25, 0.3) is 0 Å². The second-order valence-electron chi connectivity index (χ2n) is 7.78. The fourth-order valence-corrected chi connectivity index (χ4v) is 5.52. The van der Waals surface area contributed by atoms with Crippen molar-refractivity contribution in [1.29, 1.82) is 0 Å². The molecule has 1 fully saturated rings. The van der Waals surface area contributed by atoms with Gasteiger partial charge in [-0.3, -0.25) is 9.78 Å². The maximum atomic E-state index is 12.1. The monoisotopic (exact) mass is 514 g/mol. The van der Waals surface area contributed by atoms with Crippen molar-refractivity contribution in [2.45, 2.75) is 32.9 Å². The van der Waals surface area contributed by atoms with Gasteiger partial charge in [-0.1, -0.05) is 19.9 Å². The molecule has 8 heteroatoms. The molecule has 1 amide bonds. The Balaban J connectivity index is 1.73. The number of aryl methyl sites for hydroxylation is 1. The number of nitrogens with one attached hydrogen (secondary N) is 2. The van der Waals surface area contributed by atoms with Crippen molar-refractivity contribution in [2.75, 3.05) is 10.2 Å². The number of pyridine rings is 1. The number of rotatable bonds is 5. The van der Waals surface area contributed by atoms with Crippen LogP contribution in [-0.4, -0.2) is 16.0 Å². The Morgan fingerprint density at radius 3 is 2.68 bits per heavy atom. The Hall–Kier alpha value is -2.29. The van der Waals surface area contributed by atoms with Gasteiger partial charge in [-0.25, -0.2) is 0 Å². The van der Waals surface area contributed by atoms with Crippen LogP contribution in [0.15, 0.2) is 58.5 Å². The summed E-state index contributed by atoms with van der Waals surface area (Å²) in [5, 5.41) is 7.13. The molecule has 2 N–H and O–H groups in total. The zero-order valence-electron chi connectivity index (χ0n) is 17.4. The number of anilines is 2. The summed E-state index contributed by atoms with van der Waals surface area (Å²) in [7, 11) is 0. The first-order valence-corrected chi connectivity index (χ1v) is 12.0. The molecule has 0 bridgehead atoms. The van der Waals surface area contributed by atoms with Crippen LogP contribution in [0.5, 0.6) is 0 Å². The molecule has 0 radical (unpaired) electrons. The molecule has 0 aliphatic carbocycles. The van der Waals surface area contributed by atoms with E-state index in [1.54, 1.807) is 17.5 Å². The first-order valence-electron chi connectivity index (χ1n) is 10.0. The lowest BCUT2D eigenvalue weighted by atomic mass is 10.0. The molecule has 160 valence electrons. The third-order valence-electron chi connectivity index (χ3n) is 5.25. The van der Waals surface area contributed by atoms with E-state index in [-0.39, 0.29) is 23.9 Å². The Bertz CT molecular complexity index is 1120. The van der Waals surface area contributed by atoms with Crippen LogP contribution in [0.2, 0.25) is 0 Å². The standard InChI is InChI=1S/C23H23BrN4OS2/c1-13(2)22(29)26-16-8-7-15(12-14(16)3)28-21(18-9-10-19(24)31-18)20(27-23(28)30)17-6-4-5-11-25-17/h4-13,20-21H,1-3H3,(H,26,29)(H,27,30)/t20-,21-/m0/s1. The van der Waals surface area contributed by atoms with E-state index in [1.165, 1.54) is 4.88 Å². The van der Waals surface area contributed by atoms with E-state index in [1.807, 2.05) is 51.1 Å². The first kappa shape index (κ1) is 21.9. The minimum atomic E-state index is -0.0739. The molecule has 1 aliphatic heterocycles. The third kappa shape index (κ3) is 4.51. The lowest BCUT2D eigenvalue weighted by Gasteiger charge is -2.27. The predicted molar refractivity (Wildman–Crippen MR) is 135 cm³/mol. The highest BCUT2D eigenvalue weighted by atomic mass is 79.9. The van der Waals surface area contributed by atoms with Crippen molar-refractivity contribution in [2.24, 2.45) is 5.92 Å². The average molecular weight is 516 g/mol. The SMILES string of the molecule is Cc1cc(N2C(=S)N[C@@H](c3ccccn3)[C@@H]2c2ccc(Br)s2)ccc1NC(=O)C(C)C. The number of hydrogen-bond donors (Lipinski definition) is 2. The molecular weight excluding hydrogens is 492 g/mol. The van der Waals surface area contributed by atoms with Gasteiger partial charge in [0.15, 0.2) is 5.11 Å². The van der Waals surface area contributed by atoms with E-state index in [2.05, 4.69) is 54.6 Å². The van der Waals surface area contributed by atoms with E-state index < -0.39 is 0 Å². The van der Waals surface area contributed by atoms with Gasteiger partial charge >= 0.3 is 0 Å². The number of benzene rings is 1. The number of thiocarbonyl (C=S) groups is 1. The highest BCUT2D eigenvalue weighted by Crippen LogP contribution is 2.44. The van der Waals surface area contributed by atoms with Crippen molar-refractivity contribution in [3.05, 3.63) is 74.6 Å². The van der Waals surface area contributed by atoms with Crippen molar-refractivity contribution in [3.8, 4) is 0 Å². The second kappa shape index (κ2) is 9.06. The fraction of sp³-hybridized carbons (Fsp3) is 0.261.